The van der Waals surface area contributed by atoms with Gasteiger partial charge >= 0.3 is 0 Å². The van der Waals surface area contributed by atoms with Gasteiger partial charge in [-0.2, -0.15) is 0 Å². The van der Waals surface area contributed by atoms with Crippen molar-refractivity contribution < 1.29 is 9.59 Å². The molecular weight excluding hydrogens is 284 g/mol. The molecule has 1 aliphatic carbocycles. The maximum atomic E-state index is 11.8. The Morgan fingerprint density at radius 2 is 1.95 bits per heavy atom. The smallest absolute Gasteiger partial charge is 0.252 e. The van der Waals surface area contributed by atoms with E-state index in [1.54, 1.807) is 0 Å². The molecule has 1 aromatic heterocycles. The van der Waals surface area contributed by atoms with Gasteiger partial charge in [-0.1, -0.05) is 18.2 Å². The van der Waals surface area contributed by atoms with E-state index in [2.05, 4.69) is 24.4 Å². The topological polar surface area (TPSA) is 72.2 Å². The molecule has 2 amide bonds. The van der Waals surface area contributed by atoms with Gasteiger partial charge in [-0.05, 0) is 42.0 Å². The molecule has 0 aliphatic heterocycles. The summed E-state index contributed by atoms with van der Waals surface area (Å²) < 4.78 is 0. The molecule has 4 nitrogen and oxygen atoms in total. The van der Waals surface area contributed by atoms with Crippen molar-refractivity contribution in [1.82, 2.24) is 0 Å². The number of primary amides is 1. The van der Waals surface area contributed by atoms with Crippen molar-refractivity contribution in [3.8, 4) is 10.4 Å². The molecule has 0 atom stereocenters. The number of carbonyl (C=O) groups excluding carboxylic acids is 2. The standard InChI is InChI=1S/C16H16N2O2S/c1-8-4-3-5-11-10(8)6-7-12-13(15(17)20)16(18-9(2)19)21-14(11)12/h3-5H,6-7H2,1-2H3,(H2,17,20)(H,18,19). The minimum absolute atomic E-state index is 0.194. The lowest BCUT2D eigenvalue weighted by Gasteiger charge is -2.18. The highest BCUT2D eigenvalue weighted by molar-refractivity contribution is 7.20. The summed E-state index contributed by atoms with van der Waals surface area (Å²) in [6.07, 6.45) is 1.67. The molecular formula is C16H16N2O2S. The van der Waals surface area contributed by atoms with Crippen LogP contribution in [0.3, 0.4) is 0 Å². The molecule has 0 saturated heterocycles. The van der Waals surface area contributed by atoms with Gasteiger partial charge in [-0.15, -0.1) is 11.3 Å². The van der Waals surface area contributed by atoms with E-state index in [4.69, 9.17) is 5.73 Å². The monoisotopic (exact) mass is 300 g/mol. The Hall–Kier alpha value is -2.14. The lowest BCUT2D eigenvalue weighted by molar-refractivity contribution is -0.114. The number of carbonyl (C=O) groups is 2. The quantitative estimate of drug-likeness (QED) is 0.895. The fraction of sp³-hybridized carbons (Fsp3) is 0.250. The first kappa shape index (κ1) is 13.8. The molecule has 0 saturated carbocycles. The summed E-state index contributed by atoms with van der Waals surface area (Å²) in [5.41, 5.74) is 10.7. The Kier molecular flexibility index (Phi) is 3.29. The van der Waals surface area contributed by atoms with Crippen molar-refractivity contribution in [3.05, 3.63) is 40.5 Å². The number of benzene rings is 1. The van der Waals surface area contributed by atoms with Crippen LogP contribution < -0.4 is 11.1 Å². The molecule has 1 aromatic carbocycles. The van der Waals surface area contributed by atoms with Crippen molar-refractivity contribution in [2.24, 2.45) is 5.73 Å². The van der Waals surface area contributed by atoms with Crippen molar-refractivity contribution in [3.63, 3.8) is 0 Å². The van der Waals surface area contributed by atoms with E-state index in [1.807, 2.05) is 6.07 Å². The third kappa shape index (κ3) is 2.23. The predicted molar refractivity (Wildman–Crippen MR) is 84.7 cm³/mol. The van der Waals surface area contributed by atoms with E-state index in [9.17, 15) is 9.59 Å². The first-order valence-electron chi connectivity index (χ1n) is 6.81. The number of amides is 2. The highest BCUT2D eigenvalue weighted by atomic mass is 32.1. The van der Waals surface area contributed by atoms with Gasteiger partial charge in [0.2, 0.25) is 5.91 Å². The Labute approximate surface area is 127 Å². The maximum absolute atomic E-state index is 11.8. The average molecular weight is 300 g/mol. The molecule has 21 heavy (non-hydrogen) atoms. The van der Waals surface area contributed by atoms with Gasteiger partial charge in [0, 0.05) is 11.8 Å². The Balaban J connectivity index is 2.23. The summed E-state index contributed by atoms with van der Waals surface area (Å²) >= 11 is 1.44. The largest absolute Gasteiger partial charge is 0.365 e. The van der Waals surface area contributed by atoms with Gasteiger partial charge in [0.15, 0.2) is 0 Å². The van der Waals surface area contributed by atoms with E-state index < -0.39 is 5.91 Å². The molecule has 0 radical (unpaired) electrons. The first-order chi connectivity index (χ1) is 9.99. The minimum atomic E-state index is -0.479. The summed E-state index contributed by atoms with van der Waals surface area (Å²) in [5.74, 6) is -0.673. The Morgan fingerprint density at radius 1 is 1.24 bits per heavy atom. The number of nitrogens with two attached hydrogens (primary N) is 1. The summed E-state index contributed by atoms with van der Waals surface area (Å²) in [7, 11) is 0. The average Bonchev–Trinajstić information content (AvgIpc) is 2.76. The number of aryl methyl sites for hydroxylation is 1. The first-order valence-corrected chi connectivity index (χ1v) is 7.62. The van der Waals surface area contributed by atoms with E-state index in [0.717, 1.165) is 28.8 Å². The summed E-state index contributed by atoms with van der Waals surface area (Å²) in [4.78, 5) is 24.2. The van der Waals surface area contributed by atoms with Crippen molar-refractivity contribution in [1.29, 1.82) is 0 Å². The van der Waals surface area contributed by atoms with E-state index in [1.165, 1.54) is 29.4 Å². The summed E-state index contributed by atoms with van der Waals surface area (Å²) in [6.45, 7) is 3.53. The molecule has 3 N–H and O–H groups in total. The number of anilines is 1. The molecule has 0 bridgehead atoms. The minimum Gasteiger partial charge on any atom is -0.365 e. The predicted octanol–water partition coefficient (Wildman–Crippen LogP) is 2.88. The van der Waals surface area contributed by atoms with Crippen LogP contribution in [0.2, 0.25) is 0 Å². The molecule has 1 heterocycles. The van der Waals surface area contributed by atoms with Gasteiger partial charge in [0.05, 0.1) is 5.56 Å². The molecule has 1 aliphatic rings. The van der Waals surface area contributed by atoms with Crippen LogP contribution in [0.15, 0.2) is 18.2 Å². The molecule has 0 spiro atoms. The van der Waals surface area contributed by atoms with Gasteiger partial charge < -0.3 is 11.1 Å². The van der Waals surface area contributed by atoms with Crippen LogP contribution in [-0.4, -0.2) is 11.8 Å². The number of hydrogen-bond donors (Lipinski definition) is 2. The van der Waals surface area contributed by atoms with E-state index >= 15 is 0 Å². The highest BCUT2D eigenvalue weighted by Crippen LogP contribution is 2.45. The number of rotatable bonds is 2. The number of hydrogen-bond acceptors (Lipinski definition) is 3. The number of thiophene rings is 1. The Bertz CT molecular complexity index is 762. The lowest BCUT2D eigenvalue weighted by Crippen LogP contribution is -2.17. The van der Waals surface area contributed by atoms with Gasteiger partial charge in [-0.3, -0.25) is 9.59 Å². The second-order valence-electron chi connectivity index (χ2n) is 5.26. The van der Waals surface area contributed by atoms with Crippen molar-refractivity contribution in [2.75, 3.05) is 5.32 Å². The van der Waals surface area contributed by atoms with Crippen LogP contribution in [0.4, 0.5) is 5.00 Å². The molecule has 3 rings (SSSR count). The molecule has 0 unspecified atom stereocenters. The van der Waals surface area contributed by atoms with E-state index in [-0.39, 0.29) is 5.91 Å². The fourth-order valence-electron chi connectivity index (χ4n) is 2.93. The van der Waals surface area contributed by atoms with Crippen LogP contribution in [-0.2, 0) is 17.6 Å². The lowest BCUT2D eigenvalue weighted by atomic mass is 9.87. The summed E-state index contributed by atoms with van der Waals surface area (Å²) in [6, 6.07) is 6.19. The molecule has 5 heteroatoms. The molecule has 108 valence electrons. The van der Waals surface area contributed by atoms with Crippen molar-refractivity contribution >= 4 is 28.2 Å². The zero-order valence-electron chi connectivity index (χ0n) is 11.9. The van der Waals surface area contributed by atoms with Gasteiger partial charge in [0.1, 0.15) is 5.00 Å². The van der Waals surface area contributed by atoms with Crippen LogP contribution >= 0.6 is 11.3 Å². The van der Waals surface area contributed by atoms with Crippen LogP contribution in [0.5, 0.6) is 0 Å². The molecule has 2 aromatic rings. The van der Waals surface area contributed by atoms with Gasteiger partial charge in [0.25, 0.3) is 5.91 Å². The van der Waals surface area contributed by atoms with Crippen LogP contribution in [0, 0.1) is 6.92 Å². The van der Waals surface area contributed by atoms with E-state index in [0.29, 0.717) is 10.6 Å². The second kappa shape index (κ2) is 5.00. The van der Waals surface area contributed by atoms with Crippen molar-refractivity contribution in [2.45, 2.75) is 26.7 Å². The highest BCUT2D eigenvalue weighted by Gasteiger charge is 2.27. The van der Waals surface area contributed by atoms with Gasteiger partial charge in [-0.25, -0.2) is 0 Å². The zero-order chi connectivity index (χ0) is 15.1. The second-order valence-corrected chi connectivity index (χ2v) is 6.28. The maximum Gasteiger partial charge on any atom is 0.252 e. The number of nitrogens with one attached hydrogen (secondary N) is 1. The molecule has 0 fully saturated rings. The summed E-state index contributed by atoms with van der Waals surface area (Å²) in [5, 5.41) is 3.30. The SMILES string of the molecule is CC(=O)Nc1sc2c(c1C(N)=O)CCc1c(C)cccc1-2. The fourth-order valence-corrected chi connectivity index (χ4v) is 4.28. The number of fused-ring (bicyclic) bond motifs is 3. The third-order valence-electron chi connectivity index (χ3n) is 3.82. The van der Waals surface area contributed by atoms with Crippen LogP contribution in [0.1, 0.15) is 34.0 Å². The van der Waals surface area contributed by atoms with Crippen LogP contribution in [0.25, 0.3) is 10.4 Å². The third-order valence-corrected chi connectivity index (χ3v) is 5.00. The Morgan fingerprint density at radius 3 is 2.62 bits per heavy atom. The normalized spacial score (nSPS) is 12.5. The zero-order valence-corrected chi connectivity index (χ0v) is 12.8.